The molecular formula is C45H60Br2Mg2O3. The van der Waals surface area contributed by atoms with E-state index >= 15 is 0 Å². The molecule has 3 aliphatic carbocycles. The first-order valence-electron chi connectivity index (χ1n) is 18.3. The molecule has 0 aliphatic heterocycles. The minimum atomic E-state index is -0.548. The quantitative estimate of drug-likeness (QED) is 0.158. The largest absolute Gasteiger partial charge is 2.00 e. The Morgan fingerprint density at radius 3 is 1.12 bits per heavy atom. The van der Waals surface area contributed by atoms with Crippen molar-refractivity contribution in [1.82, 2.24) is 0 Å². The second-order valence-corrected chi connectivity index (χ2v) is 15.2. The van der Waals surface area contributed by atoms with Gasteiger partial charge in [0, 0.05) is 17.3 Å². The molecule has 0 atom stereocenters. The summed E-state index contributed by atoms with van der Waals surface area (Å²) in [7, 11) is 0. The van der Waals surface area contributed by atoms with Gasteiger partial charge in [-0.25, -0.2) is 0 Å². The summed E-state index contributed by atoms with van der Waals surface area (Å²) in [5.74, 6) is 2.81. The van der Waals surface area contributed by atoms with Crippen molar-refractivity contribution in [2.75, 3.05) is 0 Å². The number of hydrogen-bond acceptors (Lipinski definition) is 3. The minimum absolute atomic E-state index is 0. The van der Waals surface area contributed by atoms with Crippen molar-refractivity contribution in [1.29, 1.82) is 0 Å². The Bertz CT molecular complexity index is 1320. The van der Waals surface area contributed by atoms with E-state index in [9.17, 15) is 15.0 Å². The SMILES string of the molecule is Brc1ccccc1.CC1CCC(=O)CC1.CC1CCC(O)(c2ccccc2)CC1.CC1CCC(O)(c2ccccc2)CC1.[Br-].[H-].[H-].[Mg+2].[Mg+2].[c-]1ccccc1. The molecule has 0 bridgehead atoms. The zero-order chi connectivity index (χ0) is 35.4. The molecule has 0 saturated heterocycles. The molecule has 52 heavy (non-hydrogen) atoms. The van der Waals surface area contributed by atoms with Crippen molar-refractivity contribution in [2.24, 2.45) is 17.8 Å². The number of benzene rings is 4. The number of aliphatic hydroxyl groups is 2. The van der Waals surface area contributed by atoms with Gasteiger partial charge in [0.15, 0.2) is 0 Å². The van der Waals surface area contributed by atoms with Gasteiger partial charge in [-0.3, -0.25) is 4.79 Å². The maximum atomic E-state index is 10.6. The van der Waals surface area contributed by atoms with Crippen LogP contribution in [0.3, 0.4) is 0 Å². The van der Waals surface area contributed by atoms with Crippen LogP contribution in [0.15, 0.2) is 126 Å². The number of halogens is 2. The summed E-state index contributed by atoms with van der Waals surface area (Å²) in [5.41, 5.74) is 1.08. The fourth-order valence-corrected chi connectivity index (χ4v) is 6.70. The molecular weight excluding hydrogens is 797 g/mol. The van der Waals surface area contributed by atoms with Crippen LogP contribution in [-0.2, 0) is 16.0 Å². The Hall–Kier alpha value is -1.04. The van der Waals surface area contributed by atoms with Gasteiger partial charge in [-0.15, -0.1) is 0 Å². The number of Topliss-reactive ketones (excluding diaryl/α,β-unsaturated/α-hetero) is 1. The van der Waals surface area contributed by atoms with Crippen molar-refractivity contribution in [3.8, 4) is 0 Å². The molecule has 3 aliphatic rings. The molecule has 2 N–H and O–H groups in total. The van der Waals surface area contributed by atoms with Crippen LogP contribution in [0.2, 0.25) is 0 Å². The first kappa shape index (κ1) is 51.0. The number of ketones is 1. The van der Waals surface area contributed by atoms with E-state index in [4.69, 9.17) is 0 Å². The van der Waals surface area contributed by atoms with Gasteiger partial charge in [0.05, 0.1) is 11.2 Å². The van der Waals surface area contributed by atoms with E-state index in [0.29, 0.717) is 5.78 Å². The fourth-order valence-electron chi connectivity index (χ4n) is 6.39. The van der Waals surface area contributed by atoms with Crippen LogP contribution in [0.1, 0.15) is 112 Å². The third kappa shape index (κ3) is 20.0. The summed E-state index contributed by atoms with van der Waals surface area (Å²) in [6, 6.07) is 42.6. The van der Waals surface area contributed by atoms with Crippen LogP contribution in [0, 0.1) is 23.8 Å². The molecule has 0 radical (unpaired) electrons. The molecule has 0 aromatic heterocycles. The van der Waals surface area contributed by atoms with E-state index in [-0.39, 0.29) is 65.9 Å². The number of carbonyl (C=O) groups is 1. The van der Waals surface area contributed by atoms with Gasteiger partial charge in [-0.2, -0.15) is 36.4 Å². The van der Waals surface area contributed by atoms with Crippen LogP contribution >= 0.6 is 15.9 Å². The van der Waals surface area contributed by atoms with Gasteiger partial charge in [0.25, 0.3) is 0 Å². The van der Waals surface area contributed by atoms with Crippen LogP contribution in [0.4, 0.5) is 0 Å². The molecule has 3 saturated carbocycles. The van der Waals surface area contributed by atoms with E-state index < -0.39 is 11.2 Å². The topological polar surface area (TPSA) is 57.5 Å². The summed E-state index contributed by atoms with van der Waals surface area (Å²) in [6.07, 6.45) is 12.2. The molecule has 4 aromatic rings. The zero-order valence-corrected chi connectivity index (χ0v) is 37.7. The Morgan fingerprint density at radius 2 is 0.865 bits per heavy atom. The van der Waals surface area contributed by atoms with Gasteiger partial charge >= 0.3 is 46.1 Å². The fraction of sp³-hybridized carbons (Fsp3) is 0.444. The number of hydrogen-bond donors (Lipinski definition) is 2. The van der Waals surface area contributed by atoms with E-state index in [1.54, 1.807) is 0 Å². The first-order valence-corrected chi connectivity index (χ1v) is 19.1. The summed E-state index contributed by atoms with van der Waals surface area (Å²) >= 11 is 3.31. The van der Waals surface area contributed by atoms with Crippen LogP contribution < -0.4 is 17.0 Å². The second-order valence-electron chi connectivity index (χ2n) is 14.3. The molecule has 7 rings (SSSR count). The van der Waals surface area contributed by atoms with Gasteiger partial charge in [-0.1, -0.05) is 116 Å². The summed E-state index contributed by atoms with van der Waals surface area (Å²) < 4.78 is 1.13. The molecule has 0 amide bonds. The smallest absolute Gasteiger partial charge is 1.00 e. The van der Waals surface area contributed by atoms with Gasteiger partial charge < -0.3 is 30.0 Å². The predicted octanol–water partition coefficient (Wildman–Crippen LogP) is 8.34. The van der Waals surface area contributed by atoms with Gasteiger partial charge in [-0.05, 0) is 105 Å². The van der Waals surface area contributed by atoms with Crippen molar-refractivity contribution < 1.29 is 34.8 Å². The molecule has 3 nitrogen and oxygen atoms in total. The van der Waals surface area contributed by atoms with Gasteiger partial charge in [0.1, 0.15) is 5.78 Å². The Balaban J connectivity index is -0.000000611. The van der Waals surface area contributed by atoms with Crippen molar-refractivity contribution in [2.45, 2.75) is 109 Å². The predicted molar refractivity (Wildman–Crippen MR) is 222 cm³/mol. The molecule has 7 heteroatoms. The van der Waals surface area contributed by atoms with E-state index in [1.165, 1.54) is 0 Å². The zero-order valence-electron chi connectivity index (χ0n) is 33.7. The molecule has 0 heterocycles. The second kappa shape index (κ2) is 28.4. The maximum absolute atomic E-state index is 10.6. The third-order valence-electron chi connectivity index (χ3n) is 10.00. The molecule has 4 aromatic carbocycles. The first-order chi connectivity index (χ1) is 23.6. The maximum Gasteiger partial charge on any atom is 2.00 e. The average molecular weight is 857 g/mol. The number of rotatable bonds is 2. The summed E-state index contributed by atoms with van der Waals surface area (Å²) in [6.45, 7) is 6.75. The standard InChI is InChI=1S/2C13H18O.C7H12O.C6H5Br.C6H5.BrH.2Mg.2H/c2*1-11-7-9-13(14,10-8-11)12-5-3-2-4-6-12;1-6-2-4-7(8)5-3-6;7-6-4-2-1-3-5-6;1-2-4-6-5-3-1;;;;;/h2*2-6,11,14H,7-10H2,1H3;6H,2-5H2,1H3;1-5H;1-5H;1H;;;;/q;;;;-1;;2*+2;2*-1/p-1. The molecule has 0 unspecified atom stereocenters. The average Bonchev–Trinajstić information content (AvgIpc) is 3.15. The summed E-state index contributed by atoms with van der Waals surface area (Å²) in [5, 5.41) is 20.9. The van der Waals surface area contributed by atoms with Crippen molar-refractivity contribution >= 4 is 67.8 Å². The molecule has 3 fully saturated rings. The van der Waals surface area contributed by atoms with Crippen LogP contribution in [0.25, 0.3) is 0 Å². The monoisotopic (exact) mass is 854 g/mol. The summed E-state index contributed by atoms with van der Waals surface area (Å²) in [4.78, 5) is 10.6. The molecule has 276 valence electrons. The van der Waals surface area contributed by atoms with Crippen molar-refractivity contribution in [3.05, 3.63) is 143 Å². The van der Waals surface area contributed by atoms with Crippen LogP contribution in [-0.4, -0.2) is 62.1 Å². The Morgan fingerprint density at radius 1 is 0.558 bits per heavy atom. The van der Waals surface area contributed by atoms with Gasteiger partial charge in [0.2, 0.25) is 0 Å². The van der Waals surface area contributed by atoms with Crippen molar-refractivity contribution in [3.63, 3.8) is 0 Å². The Kier molecular flexibility index (Phi) is 27.8. The van der Waals surface area contributed by atoms with E-state index in [1.807, 2.05) is 121 Å². The van der Waals surface area contributed by atoms with E-state index in [0.717, 1.165) is 110 Å². The Labute approximate surface area is 369 Å². The molecule has 0 spiro atoms. The normalized spacial score (nSPS) is 23.5. The number of carbonyl (C=O) groups excluding carboxylic acids is 1. The van der Waals surface area contributed by atoms with Crippen LogP contribution in [0.5, 0.6) is 0 Å². The van der Waals surface area contributed by atoms with E-state index in [2.05, 4.69) is 42.8 Å². The third-order valence-corrected chi connectivity index (χ3v) is 10.5. The minimum Gasteiger partial charge on any atom is -1.00 e.